The number of rotatable bonds is 5. The predicted octanol–water partition coefficient (Wildman–Crippen LogP) is 2.87. The summed E-state index contributed by atoms with van der Waals surface area (Å²) in [6, 6.07) is 4.32. The van der Waals surface area contributed by atoms with Gasteiger partial charge in [0.2, 0.25) is 0 Å². The quantitative estimate of drug-likeness (QED) is 0.644. The standard InChI is InChI=1S/C19H31N3O2S/c1-4-20-18(21-14-19(2,3)17-8-6-12-25-17)22-9-11-24-16(13-22)15-7-5-10-23-15/h6,8,12,15-16H,4-5,7,9-11,13-14H2,1-3H3,(H,20,21). The van der Waals surface area contributed by atoms with Crippen molar-refractivity contribution in [3.63, 3.8) is 0 Å². The summed E-state index contributed by atoms with van der Waals surface area (Å²) >= 11 is 1.81. The molecule has 140 valence electrons. The van der Waals surface area contributed by atoms with E-state index in [2.05, 4.69) is 48.5 Å². The van der Waals surface area contributed by atoms with Crippen LogP contribution in [-0.4, -0.2) is 62.5 Å². The zero-order valence-electron chi connectivity index (χ0n) is 15.7. The van der Waals surface area contributed by atoms with E-state index in [0.29, 0.717) is 0 Å². The normalized spacial score (nSPS) is 25.4. The van der Waals surface area contributed by atoms with Crippen LogP contribution in [0.4, 0.5) is 0 Å². The Hall–Kier alpha value is -1.11. The third kappa shape index (κ3) is 4.74. The van der Waals surface area contributed by atoms with Crippen molar-refractivity contribution in [2.24, 2.45) is 4.99 Å². The highest BCUT2D eigenvalue weighted by atomic mass is 32.1. The molecule has 1 aromatic rings. The lowest BCUT2D eigenvalue weighted by atomic mass is 9.92. The van der Waals surface area contributed by atoms with Crippen molar-refractivity contribution in [2.75, 3.05) is 39.4 Å². The van der Waals surface area contributed by atoms with Gasteiger partial charge in [-0.05, 0) is 31.2 Å². The number of morpholine rings is 1. The van der Waals surface area contributed by atoms with Crippen LogP contribution in [0.1, 0.15) is 38.5 Å². The maximum absolute atomic E-state index is 5.98. The first-order valence-corrected chi connectivity index (χ1v) is 10.3. The van der Waals surface area contributed by atoms with Gasteiger partial charge in [-0.3, -0.25) is 4.99 Å². The Balaban J connectivity index is 1.66. The Morgan fingerprint density at radius 3 is 2.88 bits per heavy atom. The molecule has 0 aromatic carbocycles. The zero-order chi connectivity index (χ0) is 17.7. The number of ether oxygens (including phenoxy) is 2. The molecule has 2 saturated heterocycles. The molecule has 6 heteroatoms. The fourth-order valence-corrected chi connectivity index (χ4v) is 4.27. The number of hydrogen-bond acceptors (Lipinski definition) is 4. The molecular formula is C19H31N3O2S. The number of aliphatic imine (C=N–C) groups is 1. The third-order valence-electron chi connectivity index (χ3n) is 4.92. The molecule has 2 atom stereocenters. The summed E-state index contributed by atoms with van der Waals surface area (Å²) in [7, 11) is 0. The van der Waals surface area contributed by atoms with E-state index < -0.39 is 0 Å². The van der Waals surface area contributed by atoms with Gasteiger partial charge in [0.1, 0.15) is 6.10 Å². The highest BCUT2D eigenvalue weighted by Crippen LogP contribution is 2.28. The molecule has 1 aromatic heterocycles. The van der Waals surface area contributed by atoms with E-state index >= 15 is 0 Å². The van der Waals surface area contributed by atoms with Crippen molar-refractivity contribution in [3.05, 3.63) is 22.4 Å². The van der Waals surface area contributed by atoms with E-state index in [0.717, 1.165) is 58.2 Å². The zero-order valence-corrected chi connectivity index (χ0v) is 16.5. The smallest absolute Gasteiger partial charge is 0.194 e. The van der Waals surface area contributed by atoms with Crippen molar-refractivity contribution >= 4 is 17.3 Å². The number of guanidine groups is 1. The summed E-state index contributed by atoms with van der Waals surface area (Å²) in [4.78, 5) is 8.69. The molecule has 0 radical (unpaired) electrons. The molecule has 0 amide bonds. The van der Waals surface area contributed by atoms with Crippen LogP contribution in [0.3, 0.4) is 0 Å². The molecule has 2 aliphatic rings. The van der Waals surface area contributed by atoms with Crippen LogP contribution < -0.4 is 5.32 Å². The maximum Gasteiger partial charge on any atom is 0.194 e. The Labute approximate surface area is 155 Å². The minimum atomic E-state index is 0.0507. The topological polar surface area (TPSA) is 46.1 Å². The molecule has 0 spiro atoms. The van der Waals surface area contributed by atoms with Crippen molar-refractivity contribution < 1.29 is 9.47 Å². The van der Waals surface area contributed by atoms with Gasteiger partial charge >= 0.3 is 0 Å². The van der Waals surface area contributed by atoms with Gasteiger partial charge in [-0.25, -0.2) is 0 Å². The molecule has 0 bridgehead atoms. The molecule has 5 nitrogen and oxygen atoms in total. The minimum Gasteiger partial charge on any atom is -0.375 e. The van der Waals surface area contributed by atoms with Crippen LogP contribution in [-0.2, 0) is 14.9 Å². The van der Waals surface area contributed by atoms with Gasteiger partial charge in [0.15, 0.2) is 5.96 Å². The lowest BCUT2D eigenvalue weighted by Gasteiger charge is -2.37. The molecule has 2 fully saturated rings. The molecule has 0 aliphatic carbocycles. The Bertz CT molecular complexity index is 553. The second-order valence-electron chi connectivity index (χ2n) is 7.44. The van der Waals surface area contributed by atoms with Crippen molar-refractivity contribution in [1.82, 2.24) is 10.2 Å². The van der Waals surface area contributed by atoms with Gasteiger partial charge in [-0.15, -0.1) is 11.3 Å². The first kappa shape index (κ1) is 18.7. The molecule has 3 rings (SSSR count). The highest BCUT2D eigenvalue weighted by molar-refractivity contribution is 7.10. The predicted molar refractivity (Wildman–Crippen MR) is 104 cm³/mol. The number of thiophene rings is 1. The van der Waals surface area contributed by atoms with Crippen LogP contribution >= 0.6 is 11.3 Å². The van der Waals surface area contributed by atoms with Gasteiger partial charge in [0, 0.05) is 36.5 Å². The summed E-state index contributed by atoms with van der Waals surface area (Å²) in [6.07, 6.45) is 2.66. The average Bonchev–Trinajstić information content (AvgIpc) is 3.32. The fraction of sp³-hybridized carbons (Fsp3) is 0.737. The number of hydrogen-bond donors (Lipinski definition) is 1. The summed E-state index contributed by atoms with van der Waals surface area (Å²) < 4.78 is 11.8. The number of nitrogens with zero attached hydrogens (tertiary/aromatic N) is 2. The van der Waals surface area contributed by atoms with Gasteiger partial charge < -0.3 is 19.7 Å². The summed E-state index contributed by atoms with van der Waals surface area (Å²) in [6.45, 7) is 11.7. The Kier molecular flexibility index (Phi) is 6.36. The first-order chi connectivity index (χ1) is 12.1. The fourth-order valence-electron chi connectivity index (χ4n) is 3.43. The van der Waals surface area contributed by atoms with Crippen molar-refractivity contribution in [1.29, 1.82) is 0 Å². The van der Waals surface area contributed by atoms with Crippen LogP contribution in [0.2, 0.25) is 0 Å². The molecule has 3 heterocycles. The SMILES string of the molecule is CCNC(=NCC(C)(C)c1cccs1)N1CCOC(C2CCCO2)C1. The van der Waals surface area contributed by atoms with E-state index in [1.54, 1.807) is 0 Å². The second-order valence-corrected chi connectivity index (χ2v) is 8.39. The third-order valence-corrected chi connectivity index (χ3v) is 6.16. The molecule has 25 heavy (non-hydrogen) atoms. The molecular weight excluding hydrogens is 334 g/mol. The van der Waals surface area contributed by atoms with Crippen LogP contribution in [0.25, 0.3) is 0 Å². The lowest BCUT2D eigenvalue weighted by Crippen LogP contribution is -2.53. The van der Waals surface area contributed by atoms with Crippen LogP contribution in [0.5, 0.6) is 0 Å². The van der Waals surface area contributed by atoms with E-state index in [-0.39, 0.29) is 17.6 Å². The molecule has 0 saturated carbocycles. The van der Waals surface area contributed by atoms with Gasteiger partial charge in [-0.2, -0.15) is 0 Å². The van der Waals surface area contributed by atoms with E-state index in [1.807, 2.05) is 11.3 Å². The Morgan fingerprint density at radius 1 is 1.36 bits per heavy atom. The van der Waals surface area contributed by atoms with Gasteiger partial charge in [0.25, 0.3) is 0 Å². The molecule has 2 unspecified atom stereocenters. The first-order valence-electron chi connectivity index (χ1n) is 9.40. The average molecular weight is 366 g/mol. The highest BCUT2D eigenvalue weighted by Gasteiger charge is 2.32. The van der Waals surface area contributed by atoms with Crippen LogP contribution in [0, 0.1) is 0 Å². The van der Waals surface area contributed by atoms with Crippen molar-refractivity contribution in [3.8, 4) is 0 Å². The summed E-state index contributed by atoms with van der Waals surface area (Å²) in [5, 5.41) is 5.60. The molecule has 2 aliphatic heterocycles. The summed E-state index contributed by atoms with van der Waals surface area (Å²) in [5.41, 5.74) is 0.0507. The maximum atomic E-state index is 5.98. The van der Waals surface area contributed by atoms with Crippen LogP contribution in [0.15, 0.2) is 22.5 Å². The Morgan fingerprint density at radius 2 is 2.20 bits per heavy atom. The molecule has 1 N–H and O–H groups in total. The largest absolute Gasteiger partial charge is 0.375 e. The van der Waals surface area contributed by atoms with E-state index in [9.17, 15) is 0 Å². The number of nitrogens with one attached hydrogen (secondary N) is 1. The second kappa shape index (κ2) is 8.52. The minimum absolute atomic E-state index is 0.0507. The van der Waals surface area contributed by atoms with Crippen molar-refractivity contribution in [2.45, 2.75) is 51.2 Å². The van der Waals surface area contributed by atoms with E-state index in [1.165, 1.54) is 4.88 Å². The lowest BCUT2D eigenvalue weighted by molar-refractivity contribution is -0.0817. The monoisotopic (exact) mass is 365 g/mol. The van der Waals surface area contributed by atoms with E-state index in [4.69, 9.17) is 14.5 Å². The summed E-state index contributed by atoms with van der Waals surface area (Å²) in [5.74, 6) is 0.999. The van der Waals surface area contributed by atoms with Gasteiger partial charge in [0.05, 0.1) is 19.3 Å². The van der Waals surface area contributed by atoms with Gasteiger partial charge in [-0.1, -0.05) is 19.9 Å².